The minimum Gasteiger partial charge on any atom is -0.205 e. The van der Waals surface area contributed by atoms with Gasteiger partial charge in [0.25, 0.3) is 0 Å². The highest BCUT2D eigenvalue weighted by molar-refractivity contribution is 9.15. The van der Waals surface area contributed by atoms with Crippen molar-refractivity contribution in [2.75, 3.05) is 0 Å². The van der Waals surface area contributed by atoms with Crippen molar-refractivity contribution in [3.63, 3.8) is 0 Å². The summed E-state index contributed by atoms with van der Waals surface area (Å²) in [5.74, 6) is 2.98. The van der Waals surface area contributed by atoms with Crippen molar-refractivity contribution in [3.8, 4) is 0 Å². The van der Waals surface area contributed by atoms with Crippen LogP contribution < -0.4 is 0 Å². The SMILES string of the molecule is BrC(=C=Nc1ccccc1)c1ccc(Br)cc1. The lowest BCUT2D eigenvalue weighted by molar-refractivity contribution is 1.55. The highest BCUT2D eigenvalue weighted by Crippen LogP contribution is 2.21. The monoisotopic (exact) mass is 349 g/mol. The van der Waals surface area contributed by atoms with Gasteiger partial charge in [0.2, 0.25) is 0 Å². The summed E-state index contributed by atoms with van der Waals surface area (Å²) in [6.45, 7) is 0. The van der Waals surface area contributed by atoms with E-state index >= 15 is 0 Å². The highest BCUT2D eigenvalue weighted by Gasteiger charge is 1.96. The number of benzene rings is 2. The van der Waals surface area contributed by atoms with Gasteiger partial charge in [-0.05, 0) is 45.8 Å². The summed E-state index contributed by atoms with van der Waals surface area (Å²) in [4.78, 5) is 4.26. The van der Waals surface area contributed by atoms with Gasteiger partial charge >= 0.3 is 0 Å². The Bertz CT molecular complexity index is 553. The smallest absolute Gasteiger partial charge is 0.0861 e. The van der Waals surface area contributed by atoms with Crippen LogP contribution in [0, 0.1) is 0 Å². The highest BCUT2D eigenvalue weighted by atomic mass is 79.9. The normalized spacial score (nSPS) is 9.53. The number of halogens is 2. The molecule has 84 valence electrons. The molecule has 0 N–H and O–H groups in total. The van der Waals surface area contributed by atoms with E-state index in [0.717, 1.165) is 20.2 Å². The second-order valence-corrected chi connectivity index (χ2v) is 5.09. The average molecular weight is 351 g/mol. The topological polar surface area (TPSA) is 12.4 Å². The molecule has 0 saturated carbocycles. The third-order valence-electron chi connectivity index (χ3n) is 2.14. The third-order valence-corrected chi connectivity index (χ3v) is 3.30. The van der Waals surface area contributed by atoms with Gasteiger partial charge in [-0.2, -0.15) is 0 Å². The Morgan fingerprint density at radius 3 is 2.24 bits per heavy atom. The van der Waals surface area contributed by atoms with Gasteiger partial charge in [0.15, 0.2) is 0 Å². The summed E-state index contributed by atoms with van der Waals surface area (Å²) in [5, 5.41) is 0. The molecule has 0 atom stereocenters. The van der Waals surface area contributed by atoms with Gasteiger partial charge in [0.1, 0.15) is 0 Å². The van der Waals surface area contributed by atoms with Crippen LogP contribution in [0.15, 0.2) is 64.1 Å². The van der Waals surface area contributed by atoms with Gasteiger partial charge < -0.3 is 0 Å². The van der Waals surface area contributed by atoms with Gasteiger partial charge in [-0.25, -0.2) is 4.99 Å². The Balaban J connectivity index is 2.28. The first-order valence-electron chi connectivity index (χ1n) is 5.06. The van der Waals surface area contributed by atoms with Crippen LogP contribution in [0.25, 0.3) is 4.48 Å². The molecule has 0 heterocycles. The molecule has 0 radical (unpaired) electrons. The van der Waals surface area contributed by atoms with Crippen molar-refractivity contribution < 1.29 is 0 Å². The predicted molar refractivity (Wildman–Crippen MR) is 80.0 cm³/mol. The number of rotatable bonds is 2. The summed E-state index contributed by atoms with van der Waals surface area (Å²) in [6, 6.07) is 17.7. The Labute approximate surface area is 117 Å². The van der Waals surface area contributed by atoms with Gasteiger partial charge in [0, 0.05) is 10.3 Å². The standard InChI is InChI=1S/C14H9Br2N/c15-12-8-6-11(7-9-12)14(16)10-17-13-4-2-1-3-5-13/h1-9H. The Morgan fingerprint density at radius 2 is 1.59 bits per heavy atom. The number of hydrogen-bond donors (Lipinski definition) is 0. The molecule has 0 aliphatic heterocycles. The Morgan fingerprint density at radius 1 is 0.941 bits per heavy atom. The molecule has 0 spiro atoms. The molecule has 0 amide bonds. The van der Waals surface area contributed by atoms with Crippen molar-refractivity contribution in [3.05, 3.63) is 64.6 Å². The van der Waals surface area contributed by atoms with Crippen molar-refractivity contribution in [2.24, 2.45) is 4.99 Å². The fraction of sp³-hybridized carbons (Fsp3) is 0. The van der Waals surface area contributed by atoms with Crippen LogP contribution in [0.4, 0.5) is 5.69 Å². The zero-order valence-corrected chi connectivity index (χ0v) is 12.1. The molecular weight excluding hydrogens is 342 g/mol. The minimum absolute atomic E-state index is 0.842. The molecule has 17 heavy (non-hydrogen) atoms. The van der Waals surface area contributed by atoms with Gasteiger partial charge in [0.05, 0.1) is 10.2 Å². The molecule has 0 unspecified atom stereocenters. The van der Waals surface area contributed by atoms with Crippen LogP contribution in [0.1, 0.15) is 5.56 Å². The van der Waals surface area contributed by atoms with E-state index in [1.165, 1.54) is 0 Å². The largest absolute Gasteiger partial charge is 0.205 e. The van der Waals surface area contributed by atoms with E-state index in [0.29, 0.717) is 0 Å². The van der Waals surface area contributed by atoms with E-state index in [9.17, 15) is 0 Å². The number of hydrogen-bond acceptors (Lipinski definition) is 1. The second-order valence-electron chi connectivity index (χ2n) is 3.38. The number of aliphatic imine (C=N–C) groups is 1. The van der Waals surface area contributed by atoms with Crippen LogP contribution in [-0.2, 0) is 0 Å². The molecule has 2 rings (SSSR count). The van der Waals surface area contributed by atoms with Crippen molar-refractivity contribution in [2.45, 2.75) is 0 Å². The van der Waals surface area contributed by atoms with E-state index in [1.807, 2.05) is 54.6 Å². The van der Waals surface area contributed by atoms with E-state index < -0.39 is 0 Å². The summed E-state index contributed by atoms with van der Waals surface area (Å²) < 4.78 is 1.90. The zero-order chi connectivity index (χ0) is 12.1. The Hall–Kier alpha value is -1.15. The van der Waals surface area contributed by atoms with Crippen LogP contribution in [0.2, 0.25) is 0 Å². The van der Waals surface area contributed by atoms with E-state index in [-0.39, 0.29) is 0 Å². The van der Waals surface area contributed by atoms with Gasteiger partial charge in [-0.3, -0.25) is 0 Å². The maximum absolute atomic E-state index is 4.26. The first kappa shape index (κ1) is 12.3. The molecule has 0 aromatic heterocycles. The van der Waals surface area contributed by atoms with Crippen LogP contribution >= 0.6 is 31.9 Å². The molecule has 0 aliphatic rings. The molecule has 0 aliphatic carbocycles. The zero-order valence-electron chi connectivity index (χ0n) is 8.90. The fourth-order valence-corrected chi connectivity index (χ4v) is 1.89. The quantitative estimate of drug-likeness (QED) is 0.661. The van der Waals surface area contributed by atoms with Crippen LogP contribution in [0.5, 0.6) is 0 Å². The average Bonchev–Trinajstić information content (AvgIpc) is 2.38. The predicted octanol–water partition coefficient (Wildman–Crippen LogP) is 5.19. The van der Waals surface area contributed by atoms with Gasteiger partial charge in [-0.15, -0.1) is 0 Å². The summed E-state index contributed by atoms with van der Waals surface area (Å²) in [6.07, 6.45) is 0. The maximum atomic E-state index is 4.26. The lowest BCUT2D eigenvalue weighted by Gasteiger charge is -1.96. The first-order chi connectivity index (χ1) is 8.25. The molecular formula is C14H9Br2N. The minimum atomic E-state index is 0.842. The van der Waals surface area contributed by atoms with E-state index in [2.05, 4.69) is 42.7 Å². The van der Waals surface area contributed by atoms with Gasteiger partial charge in [-0.1, -0.05) is 46.3 Å². The van der Waals surface area contributed by atoms with Crippen molar-refractivity contribution in [1.82, 2.24) is 0 Å². The van der Waals surface area contributed by atoms with Crippen molar-refractivity contribution in [1.29, 1.82) is 0 Å². The van der Waals surface area contributed by atoms with Crippen LogP contribution in [0.3, 0.4) is 0 Å². The fourth-order valence-electron chi connectivity index (χ4n) is 1.28. The lowest BCUT2D eigenvalue weighted by Crippen LogP contribution is -1.76. The lowest BCUT2D eigenvalue weighted by atomic mass is 10.2. The second kappa shape index (κ2) is 5.97. The molecule has 0 bridgehead atoms. The first-order valence-corrected chi connectivity index (χ1v) is 6.64. The molecule has 1 nitrogen and oxygen atoms in total. The molecule has 2 aromatic rings. The van der Waals surface area contributed by atoms with E-state index in [1.54, 1.807) is 0 Å². The summed E-state index contributed by atoms with van der Waals surface area (Å²) in [5.41, 5.74) is 1.94. The van der Waals surface area contributed by atoms with Crippen molar-refractivity contribution >= 4 is 47.9 Å². The van der Waals surface area contributed by atoms with E-state index in [4.69, 9.17) is 0 Å². The van der Waals surface area contributed by atoms with Crippen LogP contribution in [-0.4, -0.2) is 5.87 Å². The molecule has 2 aromatic carbocycles. The maximum Gasteiger partial charge on any atom is 0.0861 e. The molecule has 0 fully saturated rings. The Kier molecular flexibility index (Phi) is 4.32. The third kappa shape index (κ3) is 3.67. The number of nitrogens with zero attached hydrogens (tertiary/aromatic N) is 1. The molecule has 3 heteroatoms. The number of para-hydroxylation sites is 1. The summed E-state index contributed by atoms with van der Waals surface area (Å²) in [7, 11) is 0. The summed E-state index contributed by atoms with van der Waals surface area (Å²) >= 11 is 6.87. The molecule has 0 saturated heterocycles.